The van der Waals surface area contributed by atoms with Gasteiger partial charge in [-0.15, -0.1) is 11.8 Å². The zero-order valence-electron chi connectivity index (χ0n) is 11.0. The monoisotopic (exact) mass is 290 g/mol. The van der Waals surface area contributed by atoms with Gasteiger partial charge >= 0.3 is 0 Å². The van der Waals surface area contributed by atoms with Crippen LogP contribution in [0.15, 0.2) is 47.4 Å². The third kappa shape index (κ3) is 3.99. The minimum atomic E-state index is -0.379. The summed E-state index contributed by atoms with van der Waals surface area (Å²) in [5.41, 5.74) is 7.92. The number of benzene rings is 2. The van der Waals surface area contributed by atoms with Crippen LogP contribution in [0.1, 0.15) is 5.56 Å². The Hall–Kier alpha value is -2.01. The summed E-state index contributed by atoms with van der Waals surface area (Å²) in [5, 5.41) is 2.80. The number of nitrogens with one attached hydrogen (secondary N) is 1. The van der Waals surface area contributed by atoms with Gasteiger partial charge in [0, 0.05) is 16.3 Å². The molecule has 2 rings (SSSR count). The molecule has 3 nitrogen and oxygen atoms in total. The third-order valence-corrected chi connectivity index (χ3v) is 3.76. The first-order valence-electron chi connectivity index (χ1n) is 6.09. The molecule has 1 amide bonds. The molecule has 0 atom stereocenters. The molecule has 0 aliphatic rings. The molecule has 0 aromatic heterocycles. The quantitative estimate of drug-likeness (QED) is 0.670. The van der Waals surface area contributed by atoms with Gasteiger partial charge in [-0.1, -0.05) is 17.7 Å². The number of hydrogen-bond acceptors (Lipinski definition) is 3. The van der Waals surface area contributed by atoms with Gasteiger partial charge in [0.25, 0.3) is 0 Å². The zero-order valence-corrected chi connectivity index (χ0v) is 11.8. The summed E-state index contributed by atoms with van der Waals surface area (Å²) in [4.78, 5) is 12.5. The van der Waals surface area contributed by atoms with E-state index in [4.69, 9.17) is 5.73 Å². The van der Waals surface area contributed by atoms with E-state index >= 15 is 0 Å². The van der Waals surface area contributed by atoms with E-state index in [2.05, 4.69) is 5.32 Å². The van der Waals surface area contributed by atoms with Crippen molar-refractivity contribution in [2.75, 3.05) is 16.8 Å². The van der Waals surface area contributed by atoms with Gasteiger partial charge < -0.3 is 11.1 Å². The average molecular weight is 290 g/mol. The predicted molar refractivity (Wildman–Crippen MR) is 81.3 cm³/mol. The minimum absolute atomic E-state index is 0.123. The van der Waals surface area contributed by atoms with E-state index in [1.807, 2.05) is 31.2 Å². The van der Waals surface area contributed by atoms with E-state index in [0.717, 1.165) is 11.3 Å². The Kier molecular flexibility index (Phi) is 4.63. The van der Waals surface area contributed by atoms with Crippen LogP contribution in [-0.4, -0.2) is 11.7 Å². The molecule has 0 spiro atoms. The maximum atomic E-state index is 12.9. The lowest BCUT2D eigenvalue weighted by Gasteiger charge is -2.07. The molecule has 0 unspecified atom stereocenters. The number of rotatable bonds is 4. The molecular weight excluding hydrogens is 275 g/mol. The number of halogens is 1. The molecule has 0 heterocycles. The first-order chi connectivity index (χ1) is 9.54. The molecule has 104 valence electrons. The molecule has 0 aliphatic carbocycles. The van der Waals surface area contributed by atoms with Crippen molar-refractivity contribution in [3.05, 3.63) is 53.8 Å². The van der Waals surface area contributed by atoms with Crippen molar-refractivity contribution >= 4 is 29.0 Å². The van der Waals surface area contributed by atoms with Gasteiger partial charge in [-0.05, 0) is 37.3 Å². The zero-order chi connectivity index (χ0) is 14.5. The van der Waals surface area contributed by atoms with Crippen LogP contribution in [0.4, 0.5) is 15.8 Å². The van der Waals surface area contributed by atoms with E-state index in [1.165, 1.54) is 23.9 Å². The Balaban J connectivity index is 1.90. The normalized spacial score (nSPS) is 10.3. The van der Waals surface area contributed by atoms with Crippen LogP contribution in [0, 0.1) is 12.7 Å². The summed E-state index contributed by atoms with van der Waals surface area (Å²) >= 11 is 1.28. The Morgan fingerprint density at radius 1 is 1.25 bits per heavy atom. The van der Waals surface area contributed by atoms with Crippen molar-refractivity contribution in [1.29, 1.82) is 0 Å². The molecule has 0 saturated carbocycles. The van der Waals surface area contributed by atoms with Gasteiger partial charge in [-0.2, -0.15) is 0 Å². The van der Waals surface area contributed by atoms with Gasteiger partial charge in [0.15, 0.2) is 0 Å². The van der Waals surface area contributed by atoms with Crippen LogP contribution < -0.4 is 11.1 Å². The van der Waals surface area contributed by atoms with Crippen molar-refractivity contribution in [2.45, 2.75) is 11.8 Å². The summed E-state index contributed by atoms with van der Waals surface area (Å²) < 4.78 is 12.9. The molecule has 20 heavy (non-hydrogen) atoms. The van der Waals surface area contributed by atoms with Crippen LogP contribution in [0.5, 0.6) is 0 Å². The highest BCUT2D eigenvalue weighted by Crippen LogP contribution is 2.25. The fraction of sp³-hybridized carbons (Fsp3) is 0.133. The SMILES string of the molecule is Cc1ccc(NC(=O)CSc2ccc(F)cc2N)cc1. The molecule has 0 aliphatic heterocycles. The number of anilines is 2. The number of hydrogen-bond donors (Lipinski definition) is 2. The molecule has 0 fully saturated rings. The standard InChI is InChI=1S/C15H15FN2OS/c1-10-2-5-12(6-3-10)18-15(19)9-20-14-7-4-11(16)8-13(14)17/h2-8H,9,17H2,1H3,(H,18,19). The highest BCUT2D eigenvalue weighted by Gasteiger charge is 2.06. The molecule has 2 aromatic carbocycles. The molecule has 0 bridgehead atoms. The van der Waals surface area contributed by atoms with E-state index in [-0.39, 0.29) is 17.5 Å². The smallest absolute Gasteiger partial charge is 0.234 e. The number of thioether (sulfide) groups is 1. The van der Waals surface area contributed by atoms with Crippen molar-refractivity contribution in [3.63, 3.8) is 0 Å². The van der Waals surface area contributed by atoms with E-state index in [1.54, 1.807) is 6.07 Å². The molecule has 0 radical (unpaired) electrons. The number of nitrogen functional groups attached to an aromatic ring is 1. The van der Waals surface area contributed by atoms with Crippen LogP contribution in [-0.2, 0) is 4.79 Å². The Bertz CT molecular complexity index is 614. The lowest BCUT2D eigenvalue weighted by molar-refractivity contribution is -0.113. The second-order valence-electron chi connectivity index (χ2n) is 4.39. The summed E-state index contributed by atoms with van der Waals surface area (Å²) in [6.07, 6.45) is 0. The lowest BCUT2D eigenvalue weighted by atomic mass is 10.2. The summed E-state index contributed by atoms with van der Waals surface area (Å²) in [5.74, 6) is -0.275. The maximum Gasteiger partial charge on any atom is 0.234 e. The molecule has 5 heteroatoms. The molecule has 2 aromatic rings. The molecular formula is C15H15FN2OS. The van der Waals surface area contributed by atoms with E-state index in [9.17, 15) is 9.18 Å². The van der Waals surface area contributed by atoms with Crippen LogP contribution >= 0.6 is 11.8 Å². The maximum absolute atomic E-state index is 12.9. The van der Waals surface area contributed by atoms with Crippen molar-refractivity contribution in [1.82, 2.24) is 0 Å². The summed E-state index contributed by atoms with van der Waals surface area (Å²) in [7, 11) is 0. The van der Waals surface area contributed by atoms with E-state index < -0.39 is 0 Å². The van der Waals surface area contributed by atoms with Gasteiger partial charge in [-0.25, -0.2) is 4.39 Å². The fourth-order valence-corrected chi connectivity index (χ4v) is 2.38. The van der Waals surface area contributed by atoms with Crippen LogP contribution in [0.3, 0.4) is 0 Å². The fourth-order valence-electron chi connectivity index (χ4n) is 1.63. The number of aryl methyl sites for hydroxylation is 1. The predicted octanol–water partition coefficient (Wildman–Crippen LogP) is 3.45. The van der Waals surface area contributed by atoms with Gasteiger partial charge in [-0.3, -0.25) is 4.79 Å². The van der Waals surface area contributed by atoms with Gasteiger partial charge in [0.05, 0.1) is 5.75 Å². The highest BCUT2D eigenvalue weighted by molar-refractivity contribution is 8.00. The van der Waals surface area contributed by atoms with Crippen molar-refractivity contribution in [2.24, 2.45) is 0 Å². The second-order valence-corrected chi connectivity index (χ2v) is 5.40. The lowest BCUT2D eigenvalue weighted by Crippen LogP contribution is -2.14. The van der Waals surface area contributed by atoms with Gasteiger partial charge in [0.2, 0.25) is 5.91 Å². The van der Waals surface area contributed by atoms with Crippen molar-refractivity contribution < 1.29 is 9.18 Å². The first kappa shape index (κ1) is 14.4. The number of nitrogens with two attached hydrogens (primary N) is 1. The van der Waals surface area contributed by atoms with Crippen LogP contribution in [0.2, 0.25) is 0 Å². The third-order valence-electron chi connectivity index (χ3n) is 2.67. The second kappa shape index (κ2) is 6.43. The molecule has 0 saturated heterocycles. The highest BCUT2D eigenvalue weighted by atomic mass is 32.2. The summed E-state index contributed by atoms with van der Waals surface area (Å²) in [6, 6.07) is 11.7. The number of carbonyl (C=O) groups excluding carboxylic acids is 1. The average Bonchev–Trinajstić information content (AvgIpc) is 2.40. The number of carbonyl (C=O) groups is 1. The first-order valence-corrected chi connectivity index (χ1v) is 7.07. The minimum Gasteiger partial charge on any atom is -0.398 e. The molecule has 3 N–H and O–H groups in total. The largest absolute Gasteiger partial charge is 0.398 e. The topological polar surface area (TPSA) is 55.1 Å². The van der Waals surface area contributed by atoms with Crippen LogP contribution in [0.25, 0.3) is 0 Å². The Morgan fingerprint density at radius 3 is 2.60 bits per heavy atom. The Labute approximate surface area is 121 Å². The number of amides is 1. The van der Waals surface area contributed by atoms with Gasteiger partial charge in [0.1, 0.15) is 5.82 Å². The van der Waals surface area contributed by atoms with E-state index in [0.29, 0.717) is 10.6 Å². The summed E-state index contributed by atoms with van der Waals surface area (Å²) in [6.45, 7) is 1.98. The Morgan fingerprint density at radius 2 is 1.95 bits per heavy atom. The van der Waals surface area contributed by atoms with Crippen molar-refractivity contribution in [3.8, 4) is 0 Å².